The van der Waals surface area contributed by atoms with Crippen LogP contribution in [0.1, 0.15) is 38.0 Å². The fourth-order valence-electron chi connectivity index (χ4n) is 1.53. The van der Waals surface area contributed by atoms with Crippen LogP contribution in [0.25, 0.3) is 0 Å². The van der Waals surface area contributed by atoms with Crippen molar-refractivity contribution >= 4 is 17.3 Å². The maximum atomic E-state index is 5.58. The summed E-state index contributed by atoms with van der Waals surface area (Å²) in [7, 11) is 0. The molecule has 0 radical (unpaired) electrons. The lowest BCUT2D eigenvalue weighted by Crippen LogP contribution is -2.13. The van der Waals surface area contributed by atoms with Crippen LogP contribution in [-0.2, 0) is 6.42 Å². The third-order valence-electron chi connectivity index (χ3n) is 2.33. The smallest absolute Gasteiger partial charge is 0.321 e. The van der Waals surface area contributed by atoms with E-state index in [0.717, 1.165) is 18.0 Å². The number of anilines is 1. The number of hydrogen-bond donors (Lipinski definition) is 1. The van der Waals surface area contributed by atoms with Gasteiger partial charge in [-0.1, -0.05) is 6.92 Å². The number of aromatic nitrogens is 4. The highest BCUT2D eigenvalue weighted by molar-refractivity contribution is 7.09. The Morgan fingerprint density at radius 1 is 1.30 bits per heavy atom. The van der Waals surface area contributed by atoms with Crippen LogP contribution in [0.3, 0.4) is 0 Å². The van der Waals surface area contributed by atoms with Gasteiger partial charge in [-0.25, -0.2) is 4.98 Å². The molecule has 20 heavy (non-hydrogen) atoms. The minimum absolute atomic E-state index is 0.0316. The molecule has 6 nitrogen and oxygen atoms in total. The Labute approximate surface area is 122 Å². The van der Waals surface area contributed by atoms with Crippen molar-refractivity contribution in [2.75, 3.05) is 11.9 Å². The molecule has 2 rings (SSSR count). The maximum Gasteiger partial charge on any atom is 0.321 e. The van der Waals surface area contributed by atoms with Crippen molar-refractivity contribution in [3.63, 3.8) is 0 Å². The van der Waals surface area contributed by atoms with Gasteiger partial charge < -0.3 is 10.1 Å². The zero-order valence-electron chi connectivity index (χ0n) is 12.0. The van der Waals surface area contributed by atoms with E-state index in [1.165, 1.54) is 0 Å². The average Bonchev–Trinajstić information content (AvgIpc) is 2.88. The van der Waals surface area contributed by atoms with E-state index in [4.69, 9.17) is 4.74 Å². The van der Waals surface area contributed by atoms with Crippen molar-refractivity contribution in [1.82, 2.24) is 19.9 Å². The molecule has 0 aliphatic carbocycles. The van der Waals surface area contributed by atoms with Crippen molar-refractivity contribution in [1.29, 1.82) is 0 Å². The molecule has 0 aromatic carbocycles. The highest BCUT2D eigenvalue weighted by Gasteiger charge is 2.10. The Morgan fingerprint density at radius 2 is 2.15 bits per heavy atom. The first-order chi connectivity index (χ1) is 9.67. The largest absolute Gasteiger partial charge is 0.461 e. The number of hydrogen-bond acceptors (Lipinski definition) is 7. The van der Waals surface area contributed by atoms with Gasteiger partial charge in [0.05, 0.1) is 12.5 Å². The van der Waals surface area contributed by atoms with Gasteiger partial charge in [0.1, 0.15) is 10.8 Å². The Kier molecular flexibility index (Phi) is 5.23. The molecule has 2 aromatic rings. The Hall–Kier alpha value is -1.76. The molecule has 0 saturated heterocycles. The van der Waals surface area contributed by atoms with E-state index in [1.54, 1.807) is 17.5 Å². The lowest BCUT2D eigenvalue weighted by molar-refractivity contribution is 0.221. The lowest BCUT2D eigenvalue weighted by Gasteiger charge is -2.10. The quantitative estimate of drug-likeness (QED) is 0.845. The molecule has 0 bridgehead atoms. The summed E-state index contributed by atoms with van der Waals surface area (Å²) in [4.78, 5) is 17.3. The van der Waals surface area contributed by atoms with E-state index >= 15 is 0 Å². The number of rotatable bonds is 7. The first-order valence-electron chi connectivity index (χ1n) is 6.71. The van der Waals surface area contributed by atoms with E-state index in [9.17, 15) is 0 Å². The van der Waals surface area contributed by atoms with E-state index < -0.39 is 0 Å². The molecule has 0 fully saturated rings. The van der Waals surface area contributed by atoms with Gasteiger partial charge in [0.2, 0.25) is 5.95 Å². The Balaban J connectivity index is 2.19. The molecule has 0 spiro atoms. The standard InChI is InChI=1S/C13H19N5OS/c1-4-5-15-12-16-10(8-11-14-6-7-20-11)17-13(18-12)19-9(2)3/h6-7,9H,4-5,8H2,1-3H3,(H,15,16,17,18). The number of nitrogens with zero attached hydrogens (tertiary/aromatic N) is 4. The van der Waals surface area contributed by atoms with Gasteiger partial charge in [-0.05, 0) is 20.3 Å². The van der Waals surface area contributed by atoms with Crippen molar-refractivity contribution in [3.8, 4) is 6.01 Å². The second kappa shape index (κ2) is 7.14. The fourth-order valence-corrected chi connectivity index (χ4v) is 2.15. The van der Waals surface area contributed by atoms with Gasteiger partial charge in [0, 0.05) is 18.1 Å². The molecule has 0 amide bonds. The molecule has 0 aliphatic rings. The summed E-state index contributed by atoms with van der Waals surface area (Å²) >= 11 is 1.59. The van der Waals surface area contributed by atoms with Gasteiger partial charge >= 0.3 is 6.01 Å². The highest BCUT2D eigenvalue weighted by atomic mass is 32.1. The normalized spacial score (nSPS) is 10.8. The predicted molar refractivity (Wildman–Crippen MR) is 79.3 cm³/mol. The summed E-state index contributed by atoms with van der Waals surface area (Å²) < 4.78 is 5.58. The van der Waals surface area contributed by atoms with Gasteiger partial charge in [0.15, 0.2) is 0 Å². The molecular formula is C13H19N5OS. The summed E-state index contributed by atoms with van der Waals surface area (Å²) in [5.41, 5.74) is 0. The first kappa shape index (κ1) is 14.6. The number of ether oxygens (including phenoxy) is 1. The van der Waals surface area contributed by atoms with E-state index in [2.05, 4.69) is 32.2 Å². The molecular weight excluding hydrogens is 274 g/mol. The van der Waals surface area contributed by atoms with Crippen LogP contribution in [0.5, 0.6) is 6.01 Å². The van der Waals surface area contributed by atoms with Crippen LogP contribution in [0.15, 0.2) is 11.6 Å². The van der Waals surface area contributed by atoms with Crippen LogP contribution >= 0.6 is 11.3 Å². The molecule has 1 N–H and O–H groups in total. The lowest BCUT2D eigenvalue weighted by atomic mass is 10.4. The SMILES string of the molecule is CCCNc1nc(Cc2nccs2)nc(OC(C)C)n1. The molecule has 0 saturated carbocycles. The van der Waals surface area contributed by atoms with Gasteiger partial charge in [0.25, 0.3) is 0 Å². The first-order valence-corrected chi connectivity index (χ1v) is 7.59. The van der Waals surface area contributed by atoms with Gasteiger partial charge in [-0.15, -0.1) is 11.3 Å². The average molecular weight is 293 g/mol. The predicted octanol–water partition coefficient (Wildman–Crippen LogP) is 2.53. The molecule has 2 heterocycles. The van der Waals surface area contributed by atoms with Gasteiger partial charge in [-0.3, -0.25) is 0 Å². The maximum absolute atomic E-state index is 5.58. The van der Waals surface area contributed by atoms with Crippen LogP contribution in [0, 0.1) is 0 Å². The van der Waals surface area contributed by atoms with Crippen molar-refractivity contribution < 1.29 is 4.74 Å². The van der Waals surface area contributed by atoms with Crippen LogP contribution in [0.2, 0.25) is 0 Å². The van der Waals surface area contributed by atoms with E-state index in [1.807, 2.05) is 19.2 Å². The van der Waals surface area contributed by atoms with Crippen molar-refractivity contribution in [2.45, 2.75) is 39.7 Å². The minimum atomic E-state index is 0.0316. The second-order valence-electron chi connectivity index (χ2n) is 4.55. The number of nitrogens with one attached hydrogen (secondary N) is 1. The second-order valence-corrected chi connectivity index (χ2v) is 5.53. The summed E-state index contributed by atoms with van der Waals surface area (Å²) in [5.74, 6) is 1.23. The van der Waals surface area contributed by atoms with E-state index in [0.29, 0.717) is 24.2 Å². The summed E-state index contributed by atoms with van der Waals surface area (Å²) in [6.07, 6.45) is 3.41. The highest BCUT2D eigenvalue weighted by Crippen LogP contribution is 2.14. The minimum Gasteiger partial charge on any atom is -0.461 e. The van der Waals surface area contributed by atoms with Crippen LogP contribution < -0.4 is 10.1 Å². The molecule has 108 valence electrons. The third kappa shape index (κ3) is 4.41. The van der Waals surface area contributed by atoms with Gasteiger partial charge in [-0.2, -0.15) is 15.0 Å². The molecule has 0 unspecified atom stereocenters. The van der Waals surface area contributed by atoms with Crippen molar-refractivity contribution in [3.05, 3.63) is 22.4 Å². The zero-order valence-corrected chi connectivity index (χ0v) is 12.8. The number of thiazole rings is 1. The summed E-state index contributed by atoms with van der Waals surface area (Å²) in [6, 6.07) is 0.361. The topological polar surface area (TPSA) is 72.8 Å². The molecule has 0 atom stereocenters. The van der Waals surface area contributed by atoms with Crippen LogP contribution in [-0.4, -0.2) is 32.6 Å². The third-order valence-corrected chi connectivity index (χ3v) is 3.11. The molecule has 2 aromatic heterocycles. The van der Waals surface area contributed by atoms with Crippen LogP contribution in [0.4, 0.5) is 5.95 Å². The zero-order chi connectivity index (χ0) is 14.4. The monoisotopic (exact) mass is 293 g/mol. The summed E-state index contributed by atoms with van der Waals surface area (Å²) in [6.45, 7) is 6.81. The molecule has 7 heteroatoms. The Morgan fingerprint density at radius 3 is 2.80 bits per heavy atom. The van der Waals surface area contributed by atoms with E-state index in [-0.39, 0.29) is 6.10 Å². The van der Waals surface area contributed by atoms with Crippen molar-refractivity contribution in [2.24, 2.45) is 0 Å². The fraction of sp³-hybridized carbons (Fsp3) is 0.538. The Bertz CT molecular complexity index is 530. The summed E-state index contributed by atoms with van der Waals surface area (Å²) in [5, 5.41) is 6.09. The molecule has 0 aliphatic heterocycles.